The van der Waals surface area contributed by atoms with Gasteiger partial charge in [-0.1, -0.05) is 23.2 Å². The van der Waals surface area contributed by atoms with E-state index in [1.807, 2.05) is 0 Å². The Morgan fingerprint density at radius 2 is 1.86 bits per heavy atom. The topological polar surface area (TPSA) is 22.1 Å². The van der Waals surface area contributed by atoms with Crippen molar-refractivity contribution in [3.05, 3.63) is 22.2 Å². The molecule has 0 bridgehead atoms. The van der Waals surface area contributed by atoms with Crippen LogP contribution >= 0.6 is 23.2 Å². The molecule has 1 rings (SSSR count). The van der Waals surface area contributed by atoms with E-state index in [1.54, 1.807) is 0 Å². The molecule has 0 aliphatic carbocycles. The highest BCUT2D eigenvalue weighted by Crippen LogP contribution is 2.35. The van der Waals surface area contributed by atoms with Crippen LogP contribution in [0.2, 0.25) is 10.0 Å². The van der Waals surface area contributed by atoms with Crippen LogP contribution in [-0.4, -0.2) is 11.3 Å². The van der Waals surface area contributed by atoms with Crippen molar-refractivity contribution < 1.29 is 22.3 Å². The Balaban J connectivity index is 3.13. The van der Waals surface area contributed by atoms with Crippen molar-refractivity contribution in [2.75, 3.05) is 0 Å². The second kappa shape index (κ2) is 3.78. The standard InChI is InChI=1S/C6HCl2F4NO/c7-2-1-13-5(9)4(3(2)8)14-6(10,11)12/h1H. The maximum atomic E-state index is 12.7. The van der Waals surface area contributed by atoms with E-state index in [4.69, 9.17) is 23.2 Å². The first kappa shape index (κ1) is 11.3. The largest absolute Gasteiger partial charge is 0.573 e. The molecule has 0 N–H and O–H groups in total. The molecule has 1 aromatic heterocycles. The summed E-state index contributed by atoms with van der Waals surface area (Å²) in [5.41, 5.74) is 0. The van der Waals surface area contributed by atoms with Gasteiger partial charge in [0.2, 0.25) is 5.75 Å². The van der Waals surface area contributed by atoms with Crippen molar-refractivity contribution >= 4 is 23.2 Å². The number of pyridine rings is 1. The highest BCUT2D eigenvalue weighted by Gasteiger charge is 2.34. The molecule has 1 aromatic rings. The zero-order valence-electron chi connectivity index (χ0n) is 6.20. The molecule has 0 saturated carbocycles. The number of aromatic nitrogens is 1. The highest BCUT2D eigenvalue weighted by molar-refractivity contribution is 6.42. The van der Waals surface area contributed by atoms with Crippen LogP contribution in [0.25, 0.3) is 0 Å². The molecule has 0 aliphatic heterocycles. The molecule has 0 fully saturated rings. The summed E-state index contributed by atoms with van der Waals surface area (Å²) in [6.07, 6.45) is -4.26. The summed E-state index contributed by atoms with van der Waals surface area (Å²) in [7, 11) is 0. The third kappa shape index (κ3) is 2.62. The van der Waals surface area contributed by atoms with Gasteiger partial charge in [-0.15, -0.1) is 13.2 Å². The van der Waals surface area contributed by atoms with E-state index in [9.17, 15) is 17.6 Å². The van der Waals surface area contributed by atoms with E-state index in [2.05, 4.69) is 9.72 Å². The zero-order valence-corrected chi connectivity index (χ0v) is 7.71. The molecule has 0 aromatic carbocycles. The minimum atomic E-state index is -5.04. The molecule has 2 nitrogen and oxygen atoms in total. The van der Waals surface area contributed by atoms with E-state index in [-0.39, 0.29) is 5.02 Å². The molecule has 0 aliphatic rings. The first-order valence-corrected chi connectivity index (χ1v) is 3.82. The maximum absolute atomic E-state index is 12.7. The van der Waals surface area contributed by atoms with Crippen molar-refractivity contribution in [3.8, 4) is 5.75 Å². The normalized spacial score (nSPS) is 11.6. The van der Waals surface area contributed by atoms with Gasteiger partial charge in [0.15, 0.2) is 0 Å². The van der Waals surface area contributed by atoms with Crippen LogP contribution in [0.15, 0.2) is 6.20 Å². The highest BCUT2D eigenvalue weighted by atomic mass is 35.5. The van der Waals surface area contributed by atoms with Crippen molar-refractivity contribution in [2.24, 2.45) is 0 Å². The van der Waals surface area contributed by atoms with Gasteiger partial charge in [-0.05, 0) is 0 Å². The van der Waals surface area contributed by atoms with E-state index >= 15 is 0 Å². The molecular formula is C6HCl2F4NO. The van der Waals surface area contributed by atoms with E-state index in [0.29, 0.717) is 0 Å². The smallest absolute Gasteiger partial charge is 0.399 e. The summed E-state index contributed by atoms with van der Waals surface area (Å²) >= 11 is 10.6. The van der Waals surface area contributed by atoms with Crippen LogP contribution in [-0.2, 0) is 0 Å². The Hall–Kier alpha value is -0.750. The summed E-state index contributed by atoms with van der Waals surface area (Å²) in [6.45, 7) is 0. The van der Waals surface area contributed by atoms with Crippen LogP contribution < -0.4 is 4.74 Å². The predicted molar refractivity (Wildman–Crippen MR) is 40.9 cm³/mol. The molecule has 14 heavy (non-hydrogen) atoms. The van der Waals surface area contributed by atoms with Crippen LogP contribution in [0.5, 0.6) is 5.75 Å². The number of hydrogen-bond acceptors (Lipinski definition) is 2. The first-order valence-electron chi connectivity index (χ1n) is 3.06. The summed E-state index contributed by atoms with van der Waals surface area (Å²) in [6, 6.07) is 0. The average molecular weight is 250 g/mol. The summed E-state index contributed by atoms with van der Waals surface area (Å²) in [4.78, 5) is 2.92. The molecule has 0 amide bonds. The van der Waals surface area contributed by atoms with Gasteiger partial charge in [0.25, 0.3) is 5.95 Å². The van der Waals surface area contributed by atoms with Gasteiger partial charge in [-0.3, -0.25) is 0 Å². The SMILES string of the molecule is Fc1ncc(Cl)c(Cl)c1OC(F)(F)F. The Labute approximate surface area is 85.4 Å². The van der Waals surface area contributed by atoms with Gasteiger partial charge in [-0.25, -0.2) is 4.98 Å². The molecule has 78 valence electrons. The number of alkyl halides is 3. The third-order valence-corrected chi connectivity index (χ3v) is 1.86. The second-order valence-electron chi connectivity index (χ2n) is 2.09. The Morgan fingerprint density at radius 3 is 2.36 bits per heavy atom. The second-order valence-corrected chi connectivity index (χ2v) is 2.87. The lowest BCUT2D eigenvalue weighted by Crippen LogP contribution is -2.18. The molecule has 0 atom stereocenters. The lowest BCUT2D eigenvalue weighted by atomic mass is 10.4. The van der Waals surface area contributed by atoms with Crippen LogP contribution in [0.1, 0.15) is 0 Å². The summed E-state index contributed by atoms with van der Waals surface area (Å²) < 4.78 is 51.1. The fourth-order valence-electron chi connectivity index (χ4n) is 0.630. The average Bonchev–Trinajstić information content (AvgIpc) is 2.04. The fourth-order valence-corrected chi connectivity index (χ4v) is 0.930. The van der Waals surface area contributed by atoms with Gasteiger partial charge in [0.05, 0.1) is 11.2 Å². The number of halogens is 6. The minimum Gasteiger partial charge on any atom is -0.399 e. The zero-order chi connectivity index (χ0) is 10.9. The monoisotopic (exact) mass is 249 g/mol. The minimum absolute atomic E-state index is 0.327. The third-order valence-electron chi connectivity index (χ3n) is 1.11. The van der Waals surface area contributed by atoms with Gasteiger partial charge in [-0.2, -0.15) is 4.39 Å². The Morgan fingerprint density at radius 1 is 1.29 bits per heavy atom. The first-order chi connectivity index (χ1) is 6.31. The molecule has 0 unspecified atom stereocenters. The van der Waals surface area contributed by atoms with Gasteiger partial charge < -0.3 is 4.74 Å². The number of nitrogens with zero attached hydrogens (tertiary/aromatic N) is 1. The number of rotatable bonds is 1. The lowest BCUT2D eigenvalue weighted by molar-refractivity contribution is -0.275. The van der Waals surface area contributed by atoms with Gasteiger partial charge >= 0.3 is 6.36 Å². The van der Waals surface area contributed by atoms with Crippen molar-refractivity contribution in [1.82, 2.24) is 4.98 Å². The van der Waals surface area contributed by atoms with Crippen LogP contribution in [0.4, 0.5) is 17.6 Å². The number of hydrogen-bond donors (Lipinski definition) is 0. The molecule has 8 heteroatoms. The molecule has 0 spiro atoms. The fraction of sp³-hybridized carbons (Fsp3) is 0.167. The molecular weight excluding hydrogens is 249 g/mol. The molecule has 1 heterocycles. The van der Waals surface area contributed by atoms with Gasteiger partial charge in [0.1, 0.15) is 5.02 Å². The Kier molecular flexibility index (Phi) is 3.06. The molecule has 0 saturated heterocycles. The van der Waals surface area contributed by atoms with E-state index in [0.717, 1.165) is 6.20 Å². The van der Waals surface area contributed by atoms with Crippen LogP contribution in [0, 0.1) is 5.95 Å². The van der Waals surface area contributed by atoms with Crippen molar-refractivity contribution in [2.45, 2.75) is 6.36 Å². The molecule has 0 radical (unpaired) electrons. The van der Waals surface area contributed by atoms with E-state index in [1.165, 1.54) is 0 Å². The summed E-state index contributed by atoms with van der Waals surface area (Å²) in [5.74, 6) is -2.71. The summed E-state index contributed by atoms with van der Waals surface area (Å²) in [5, 5.41) is -0.996. The quantitative estimate of drug-likeness (QED) is 0.562. The maximum Gasteiger partial charge on any atom is 0.573 e. The predicted octanol–water partition coefficient (Wildman–Crippen LogP) is 3.43. The number of ether oxygens (including phenoxy) is 1. The van der Waals surface area contributed by atoms with Gasteiger partial charge in [0, 0.05) is 0 Å². The van der Waals surface area contributed by atoms with Crippen molar-refractivity contribution in [1.29, 1.82) is 0 Å². The lowest BCUT2D eigenvalue weighted by Gasteiger charge is -2.10. The van der Waals surface area contributed by atoms with Crippen LogP contribution in [0.3, 0.4) is 0 Å². The Bertz CT molecular complexity index is 354. The van der Waals surface area contributed by atoms with E-state index < -0.39 is 23.1 Å². The van der Waals surface area contributed by atoms with Crippen molar-refractivity contribution in [3.63, 3.8) is 0 Å².